The molecule has 2 rings (SSSR count). The normalized spacial score (nSPS) is 12.2. The highest BCUT2D eigenvalue weighted by Gasteiger charge is 2.21. The van der Waals surface area contributed by atoms with Gasteiger partial charge in [0.25, 0.3) is 10.0 Å². The molecule has 0 saturated carbocycles. The van der Waals surface area contributed by atoms with Gasteiger partial charge in [0.05, 0.1) is 6.54 Å². The van der Waals surface area contributed by atoms with Gasteiger partial charge in [0.1, 0.15) is 5.76 Å². The van der Waals surface area contributed by atoms with E-state index in [0.29, 0.717) is 12.3 Å². The summed E-state index contributed by atoms with van der Waals surface area (Å²) in [5, 5.41) is 5.28. The molecule has 2 aromatic rings. The van der Waals surface area contributed by atoms with Gasteiger partial charge in [0.2, 0.25) is 5.09 Å². The lowest BCUT2D eigenvalue weighted by atomic mass is 10.3. The number of nitrogens with one attached hydrogen (secondary N) is 1. The maximum absolute atomic E-state index is 11.8. The molecule has 0 unspecified atom stereocenters. The van der Waals surface area contributed by atoms with Crippen molar-refractivity contribution in [3.05, 3.63) is 40.3 Å². The summed E-state index contributed by atoms with van der Waals surface area (Å²) < 4.78 is 30.2. The van der Waals surface area contributed by atoms with Crippen molar-refractivity contribution in [2.75, 3.05) is 20.6 Å². The van der Waals surface area contributed by atoms with Crippen LogP contribution in [-0.2, 0) is 23.0 Å². The highest BCUT2D eigenvalue weighted by Crippen LogP contribution is 2.16. The third-order valence-electron chi connectivity index (χ3n) is 2.80. The Morgan fingerprint density at radius 1 is 1.30 bits per heavy atom. The predicted molar refractivity (Wildman–Crippen MR) is 79.3 cm³/mol. The van der Waals surface area contributed by atoms with Crippen molar-refractivity contribution in [2.24, 2.45) is 0 Å². The number of thiophene rings is 1. The molecular weight excluding hydrogens is 296 g/mol. The molecular formula is C13H18N2O3S2. The molecule has 0 aromatic carbocycles. The highest BCUT2D eigenvalue weighted by molar-refractivity contribution is 7.88. The SMILES string of the molecule is CN(C)S(=O)(=O)c1ccc(CNCCc2cccs2)o1. The first-order chi connectivity index (χ1) is 9.50. The van der Waals surface area contributed by atoms with E-state index in [-0.39, 0.29) is 5.09 Å². The summed E-state index contributed by atoms with van der Waals surface area (Å²) in [7, 11) is -0.516. The molecule has 1 N–H and O–H groups in total. The molecule has 0 aliphatic rings. The Morgan fingerprint density at radius 3 is 2.75 bits per heavy atom. The molecule has 0 aliphatic heterocycles. The zero-order valence-electron chi connectivity index (χ0n) is 11.5. The van der Waals surface area contributed by atoms with Gasteiger partial charge in [-0.2, -0.15) is 0 Å². The Hall–Kier alpha value is -1.15. The fraction of sp³-hybridized carbons (Fsp3) is 0.385. The van der Waals surface area contributed by atoms with Crippen LogP contribution in [0.2, 0.25) is 0 Å². The van der Waals surface area contributed by atoms with Crippen molar-refractivity contribution in [1.29, 1.82) is 0 Å². The molecule has 0 fully saturated rings. The number of sulfonamides is 1. The van der Waals surface area contributed by atoms with E-state index in [1.165, 1.54) is 25.0 Å². The molecule has 0 atom stereocenters. The summed E-state index contributed by atoms with van der Waals surface area (Å²) in [4.78, 5) is 1.33. The number of hydrogen-bond donors (Lipinski definition) is 1. The first-order valence-electron chi connectivity index (χ1n) is 6.24. The van der Waals surface area contributed by atoms with Crippen LogP contribution in [0.1, 0.15) is 10.6 Å². The van der Waals surface area contributed by atoms with E-state index in [1.54, 1.807) is 17.4 Å². The summed E-state index contributed by atoms with van der Waals surface area (Å²) in [6.45, 7) is 1.35. The fourth-order valence-electron chi connectivity index (χ4n) is 1.65. The van der Waals surface area contributed by atoms with E-state index in [1.807, 2.05) is 6.07 Å². The lowest BCUT2D eigenvalue weighted by Crippen LogP contribution is -2.21. The van der Waals surface area contributed by atoms with E-state index < -0.39 is 10.0 Å². The molecule has 2 heterocycles. The van der Waals surface area contributed by atoms with Crippen LogP contribution in [0.5, 0.6) is 0 Å². The van der Waals surface area contributed by atoms with Crippen LogP contribution in [0.15, 0.2) is 39.2 Å². The number of rotatable bonds is 7. The topological polar surface area (TPSA) is 62.6 Å². The molecule has 0 bridgehead atoms. The van der Waals surface area contributed by atoms with Crippen LogP contribution in [0.25, 0.3) is 0 Å². The van der Waals surface area contributed by atoms with Crippen LogP contribution >= 0.6 is 11.3 Å². The number of hydrogen-bond acceptors (Lipinski definition) is 5. The van der Waals surface area contributed by atoms with Gasteiger partial charge in [-0.3, -0.25) is 0 Å². The summed E-state index contributed by atoms with van der Waals surface area (Å²) >= 11 is 1.73. The largest absolute Gasteiger partial charge is 0.447 e. The van der Waals surface area contributed by atoms with Crippen LogP contribution < -0.4 is 5.32 Å². The van der Waals surface area contributed by atoms with E-state index in [4.69, 9.17) is 4.42 Å². The maximum atomic E-state index is 11.8. The third-order valence-corrected chi connectivity index (χ3v) is 5.42. The van der Waals surface area contributed by atoms with Gasteiger partial charge < -0.3 is 9.73 Å². The van der Waals surface area contributed by atoms with Gasteiger partial charge in [-0.1, -0.05) is 6.07 Å². The zero-order valence-corrected chi connectivity index (χ0v) is 13.1. The fourth-order valence-corrected chi connectivity index (χ4v) is 3.17. The standard InChI is InChI=1S/C13H18N2O3S2/c1-15(2)20(16,17)13-6-5-11(18-13)10-14-8-7-12-4-3-9-19-12/h3-6,9,14H,7-8,10H2,1-2H3. The zero-order chi connectivity index (χ0) is 14.6. The van der Waals surface area contributed by atoms with Gasteiger partial charge in [0.15, 0.2) is 0 Å². The molecule has 0 radical (unpaired) electrons. The molecule has 0 saturated heterocycles. The minimum absolute atomic E-state index is 0.0162. The number of nitrogens with zero attached hydrogens (tertiary/aromatic N) is 1. The van der Waals surface area contributed by atoms with Crippen LogP contribution in [-0.4, -0.2) is 33.4 Å². The molecule has 0 aliphatic carbocycles. The van der Waals surface area contributed by atoms with Gasteiger partial charge >= 0.3 is 0 Å². The highest BCUT2D eigenvalue weighted by atomic mass is 32.2. The minimum atomic E-state index is -3.48. The van der Waals surface area contributed by atoms with Crippen molar-refractivity contribution >= 4 is 21.4 Å². The molecule has 0 amide bonds. The lowest BCUT2D eigenvalue weighted by molar-refractivity contribution is 0.389. The van der Waals surface area contributed by atoms with Crippen molar-refractivity contribution in [3.63, 3.8) is 0 Å². The second kappa shape index (κ2) is 6.53. The van der Waals surface area contributed by atoms with Crippen molar-refractivity contribution in [1.82, 2.24) is 9.62 Å². The van der Waals surface area contributed by atoms with Crippen LogP contribution in [0.3, 0.4) is 0 Å². The Morgan fingerprint density at radius 2 is 2.10 bits per heavy atom. The average molecular weight is 314 g/mol. The molecule has 20 heavy (non-hydrogen) atoms. The molecule has 0 spiro atoms. The predicted octanol–water partition coefficient (Wildman–Crippen LogP) is 1.92. The van der Waals surface area contributed by atoms with E-state index >= 15 is 0 Å². The second-order valence-electron chi connectivity index (χ2n) is 4.51. The first kappa shape index (κ1) is 15.2. The van der Waals surface area contributed by atoms with E-state index in [9.17, 15) is 8.42 Å². The smallest absolute Gasteiger partial charge is 0.275 e. The van der Waals surface area contributed by atoms with Crippen molar-refractivity contribution < 1.29 is 12.8 Å². The summed E-state index contributed by atoms with van der Waals surface area (Å²) in [6, 6.07) is 7.31. The van der Waals surface area contributed by atoms with Crippen LogP contribution in [0, 0.1) is 0 Å². The van der Waals surface area contributed by atoms with Crippen molar-refractivity contribution in [3.8, 4) is 0 Å². The van der Waals surface area contributed by atoms with Gasteiger partial charge in [-0.25, -0.2) is 12.7 Å². The van der Waals surface area contributed by atoms with E-state index in [2.05, 4.69) is 16.8 Å². The Labute approximate surface area is 123 Å². The Kier molecular flexibility index (Phi) is 4.98. The minimum Gasteiger partial charge on any atom is -0.447 e. The average Bonchev–Trinajstić information content (AvgIpc) is 3.06. The van der Waals surface area contributed by atoms with Gasteiger partial charge in [-0.15, -0.1) is 11.3 Å². The second-order valence-corrected chi connectivity index (χ2v) is 7.63. The molecule has 2 aromatic heterocycles. The monoisotopic (exact) mass is 314 g/mol. The molecule has 7 heteroatoms. The lowest BCUT2D eigenvalue weighted by Gasteiger charge is -2.07. The van der Waals surface area contributed by atoms with Crippen molar-refractivity contribution in [2.45, 2.75) is 18.1 Å². The molecule has 5 nitrogen and oxygen atoms in total. The summed E-state index contributed by atoms with van der Waals surface area (Å²) in [5.74, 6) is 0.622. The first-order valence-corrected chi connectivity index (χ1v) is 8.56. The Bertz CT molecular complexity index is 630. The van der Waals surface area contributed by atoms with E-state index in [0.717, 1.165) is 17.3 Å². The quantitative estimate of drug-likeness (QED) is 0.793. The number of furan rings is 1. The third kappa shape index (κ3) is 3.69. The Balaban J connectivity index is 1.84. The molecule has 110 valence electrons. The summed E-state index contributed by atoms with van der Waals surface area (Å²) in [6.07, 6.45) is 0.960. The van der Waals surface area contributed by atoms with Gasteiger partial charge in [-0.05, 0) is 30.0 Å². The van der Waals surface area contributed by atoms with Gasteiger partial charge in [0, 0.05) is 25.5 Å². The van der Waals surface area contributed by atoms with Crippen LogP contribution in [0.4, 0.5) is 0 Å². The maximum Gasteiger partial charge on any atom is 0.275 e. The summed E-state index contributed by atoms with van der Waals surface area (Å²) in [5.41, 5.74) is 0.